The first-order valence-electron chi connectivity index (χ1n) is 10.2. The monoisotopic (exact) mass is 389 g/mol. The van der Waals surface area contributed by atoms with Gasteiger partial charge in [0.1, 0.15) is 0 Å². The first-order chi connectivity index (χ1) is 12.9. The van der Waals surface area contributed by atoms with Crippen molar-refractivity contribution in [1.82, 2.24) is 4.90 Å². The summed E-state index contributed by atoms with van der Waals surface area (Å²) in [5.74, 6) is 0.510. The molecule has 1 unspecified atom stereocenters. The number of nitrogens with one attached hydrogen (secondary N) is 1. The van der Waals surface area contributed by atoms with Crippen LogP contribution in [0.25, 0.3) is 0 Å². The van der Waals surface area contributed by atoms with Gasteiger partial charge in [-0.15, -0.1) is 0 Å². The van der Waals surface area contributed by atoms with Crippen molar-refractivity contribution in [2.24, 2.45) is 11.3 Å². The topological polar surface area (TPSA) is 52.7 Å². The van der Waals surface area contributed by atoms with E-state index in [0.29, 0.717) is 25.3 Å². The predicted octanol–water partition coefficient (Wildman–Crippen LogP) is 4.91. The van der Waals surface area contributed by atoms with E-state index in [-0.39, 0.29) is 23.3 Å². The molecule has 158 valence electrons. The Hall–Kier alpha value is -2.04. The van der Waals surface area contributed by atoms with Crippen molar-refractivity contribution in [3.63, 3.8) is 0 Å². The van der Waals surface area contributed by atoms with Crippen LogP contribution in [0, 0.1) is 11.3 Å². The van der Waals surface area contributed by atoms with Gasteiger partial charge in [-0.2, -0.15) is 0 Å². The molecule has 0 aromatic heterocycles. The Balaban J connectivity index is 3.28. The molecule has 1 N–H and O–H groups in total. The third kappa shape index (κ3) is 7.17. The van der Waals surface area contributed by atoms with Gasteiger partial charge < -0.3 is 15.1 Å². The zero-order valence-electron chi connectivity index (χ0n) is 19.2. The Bertz CT molecular complexity index is 675. The van der Waals surface area contributed by atoms with Gasteiger partial charge in [-0.05, 0) is 42.0 Å². The summed E-state index contributed by atoms with van der Waals surface area (Å²) in [5.41, 5.74) is 2.80. The molecule has 28 heavy (non-hydrogen) atoms. The Morgan fingerprint density at radius 2 is 1.71 bits per heavy atom. The second-order valence-electron chi connectivity index (χ2n) is 9.38. The van der Waals surface area contributed by atoms with Gasteiger partial charge in [0.25, 0.3) is 0 Å². The summed E-state index contributed by atoms with van der Waals surface area (Å²) >= 11 is 0. The van der Waals surface area contributed by atoms with E-state index in [4.69, 9.17) is 0 Å². The zero-order chi connectivity index (χ0) is 21.6. The molecule has 0 heterocycles. The largest absolute Gasteiger partial charge is 0.377 e. The SMILES string of the molecule is CCC(=O)Nc1ccc(N(C)C)c(CN(C(=O)CC(C)(C)C)C(C)C(C)C)c1. The molecule has 5 nitrogen and oxygen atoms in total. The first kappa shape index (κ1) is 24.0. The molecule has 0 bridgehead atoms. The molecular formula is C23H39N3O2. The number of benzene rings is 1. The second kappa shape index (κ2) is 9.94. The number of nitrogens with zero attached hydrogens (tertiary/aromatic N) is 2. The molecule has 2 amide bonds. The number of amides is 2. The van der Waals surface area contributed by atoms with Crippen molar-refractivity contribution in [2.45, 2.75) is 73.9 Å². The molecule has 1 atom stereocenters. The molecule has 0 aliphatic rings. The van der Waals surface area contributed by atoms with Gasteiger partial charge in [-0.1, -0.05) is 41.5 Å². The maximum Gasteiger partial charge on any atom is 0.224 e. The third-order valence-electron chi connectivity index (χ3n) is 4.97. The van der Waals surface area contributed by atoms with Gasteiger partial charge in [-0.25, -0.2) is 0 Å². The van der Waals surface area contributed by atoms with Gasteiger partial charge in [0.05, 0.1) is 0 Å². The van der Waals surface area contributed by atoms with E-state index < -0.39 is 0 Å². The lowest BCUT2D eigenvalue weighted by molar-refractivity contribution is -0.136. The quantitative estimate of drug-likeness (QED) is 0.687. The fourth-order valence-corrected chi connectivity index (χ4v) is 3.03. The van der Waals surface area contributed by atoms with E-state index in [2.05, 4.69) is 46.9 Å². The lowest BCUT2D eigenvalue weighted by Crippen LogP contribution is -2.42. The summed E-state index contributed by atoms with van der Waals surface area (Å²) in [7, 11) is 3.99. The van der Waals surface area contributed by atoms with Crippen molar-refractivity contribution >= 4 is 23.2 Å². The van der Waals surface area contributed by atoms with Gasteiger partial charge in [0, 0.05) is 50.9 Å². The minimum atomic E-state index is -0.0621. The van der Waals surface area contributed by atoms with Gasteiger partial charge in [0.15, 0.2) is 0 Å². The van der Waals surface area contributed by atoms with Crippen LogP contribution in [0.4, 0.5) is 11.4 Å². The highest BCUT2D eigenvalue weighted by Crippen LogP contribution is 2.28. The van der Waals surface area contributed by atoms with Crippen molar-refractivity contribution in [3.05, 3.63) is 23.8 Å². The highest BCUT2D eigenvalue weighted by atomic mass is 16.2. The summed E-state index contributed by atoms with van der Waals surface area (Å²) in [6, 6.07) is 6.04. The normalized spacial score (nSPS) is 12.6. The van der Waals surface area contributed by atoms with Crippen LogP contribution >= 0.6 is 0 Å². The molecule has 0 saturated carbocycles. The number of carbonyl (C=O) groups is 2. The lowest BCUT2D eigenvalue weighted by Gasteiger charge is -2.35. The van der Waals surface area contributed by atoms with Gasteiger partial charge in [0.2, 0.25) is 11.8 Å². The summed E-state index contributed by atoms with van der Waals surface area (Å²) < 4.78 is 0. The van der Waals surface area contributed by atoms with Crippen molar-refractivity contribution in [3.8, 4) is 0 Å². The number of hydrogen-bond donors (Lipinski definition) is 1. The van der Waals surface area contributed by atoms with E-state index >= 15 is 0 Å². The van der Waals surface area contributed by atoms with Crippen LogP contribution in [0.2, 0.25) is 0 Å². The minimum Gasteiger partial charge on any atom is -0.377 e. The van der Waals surface area contributed by atoms with E-state index in [9.17, 15) is 9.59 Å². The molecule has 0 fully saturated rings. The van der Waals surface area contributed by atoms with E-state index in [0.717, 1.165) is 16.9 Å². The lowest BCUT2D eigenvalue weighted by atomic mass is 9.90. The summed E-state index contributed by atoms with van der Waals surface area (Å²) in [4.78, 5) is 29.0. The van der Waals surface area contributed by atoms with Crippen LogP contribution in [0.3, 0.4) is 0 Å². The Labute approximate surface area is 171 Å². The fourth-order valence-electron chi connectivity index (χ4n) is 3.03. The van der Waals surface area contributed by atoms with Crippen LogP contribution in [0.5, 0.6) is 0 Å². The van der Waals surface area contributed by atoms with Crippen LogP contribution in [-0.4, -0.2) is 36.9 Å². The number of carbonyl (C=O) groups excluding carboxylic acids is 2. The maximum atomic E-state index is 13.1. The average Bonchev–Trinajstić information content (AvgIpc) is 2.57. The summed E-state index contributed by atoms with van der Waals surface area (Å²) in [5, 5.41) is 2.93. The van der Waals surface area contributed by atoms with Crippen molar-refractivity contribution in [2.75, 3.05) is 24.3 Å². The molecule has 1 aromatic carbocycles. The molecule has 0 aliphatic carbocycles. The average molecular weight is 390 g/mol. The Morgan fingerprint density at radius 3 is 2.18 bits per heavy atom. The Kier molecular flexibility index (Phi) is 8.52. The third-order valence-corrected chi connectivity index (χ3v) is 4.97. The maximum absolute atomic E-state index is 13.1. The zero-order valence-corrected chi connectivity index (χ0v) is 19.2. The second-order valence-corrected chi connectivity index (χ2v) is 9.38. The molecule has 1 rings (SSSR count). The fraction of sp³-hybridized carbons (Fsp3) is 0.652. The van der Waals surface area contributed by atoms with Gasteiger partial charge >= 0.3 is 0 Å². The minimum absolute atomic E-state index is 0.0141. The molecule has 0 radical (unpaired) electrons. The first-order valence-corrected chi connectivity index (χ1v) is 10.2. The van der Waals surface area contributed by atoms with Crippen LogP contribution in [0.1, 0.15) is 66.9 Å². The summed E-state index contributed by atoms with van der Waals surface area (Å²) in [6.07, 6.45) is 0.943. The molecular weight excluding hydrogens is 350 g/mol. The molecule has 5 heteroatoms. The van der Waals surface area contributed by atoms with E-state index in [1.807, 2.05) is 49.0 Å². The number of anilines is 2. The molecule has 0 saturated heterocycles. The van der Waals surface area contributed by atoms with Gasteiger partial charge in [-0.3, -0.25) is 9.59 Å². The van der Waals surface area contributed by atoms with Crippen molar-refractivity contribution in [1.29, 1.82) is 0 Å². The van der Waals surface area contributed by atoms with Crippen LogP contribution < -0.4 is 10.2 Å². The van der Waals surface area contributed by atoms with Crippen molar-refractivity contribution < 1.29 is 9.59 Å². The Morgan fingerprint density at radius 1 is 1.11 bits per heavy atom. The number of rotatable bonds is 8. The molecule has 0 aliphatic heterocycles. The predicted molar refractivity (Wildman–Crippen MR) is 119 cm³/mol. The highest BCUT2D eigenvalue weighted by Gasteiger charge is 2.27. The highest BCUT2D eigenvalue weighted by molar-refractivity contribution is 5.91. The number of hydrogen-bond acceptors (Lipinski definition) is 3. The molecule has 1 aromatic rings. The summed E-state index contributed by atoms with van der Waals surface area (Å²) in [6.45, 7) is 15.0. The van der Waals surface area contributed by atoms with E-state index in [1.54, 1.807) is 0 Å². The standard InChI is InChI=1S/C23H39N3O2/c1-10-21(27)24-19-11-12-20(25(8)9)18(13-19)15-26(17(4)16(2)3)22(28)14-23(5,6)7/h11-13,16-17H,10,14-15H2,1-9H3,(H,24,27). The molecule has 0 spiro atoms. The van der Waals surface area contributed by atoms with Crippen LogP contribution in [-0.2, 0) is 16.1 Å². The van der Waals surface area contributed by atoms with Crippen LogP contribution in [0.15, 0.2) is 18.2 Å². The smallest absolute Gasteiger partial charge is 0.224 e. The van der Waals surface area contributed by atoms with E-state index in [1.165, 1.54) is 0 Å².